The van der Waals surface area contributed by atoms with Crippen molar-refractivity contribution in [3.8, 4) is 0 Å². The van der Waals surface area contributed by atoms with E-state index < -0.39 is 0 Å². The number of nitrogens with zero attached hydrogens (tertiary/aromatic N) is 2. The Morgan fingerprint density at radius 3 is 2.90 bits per heavy atom. The first-order valence-corrected chi connectivity index (χ1v) is 7.56. The summed E-state index contributed by atoms with van der Waals surface area (Å²) < 4.78 is 0. The number of carbonyl (C=O) groups is 1. The molecule has 0 atom stereocenters. The molecule has 0 aliphatic rings. The van der Waals surface area contributed by atoms with Gasteiger partial charge >= 0.3 is 0 Å². The minimum absolute atomic E-state index is 0.142. The zero-order valence-electron chi connectivity index (χ0n) is 11.9. The summed E-state index contributed by atoms with van der Waals surface area (Å²) in [6.07, 6.45) is 1.79. The van der Waals surface area contributed by atoms with Gasteiger partial charge < -0.3 is 5.32 Å². The lowest BCUT2D eigenvalue weighted by Crippen LogP contribution is -2.23. The van der Waals surface area contributed by atoms with Crippen LogP contribution in [0.4, 0.5) is 0 Å². The molecule has 0 radical (unpaired) electrons. The second-order valence-electron chi connectivity index (χ2n) is 4.88. The van der Waals surface area contributed by atoms with Crippen LogP contribution >= 0.6 is 11.3 Å². The lowest BCUT2D eigenvalue weighted by molar-refractivity contribution is 0.0946. The molecule has 0 unspecified atom stereocenters. The third-order valence-corrected chi connectivity index (χ3v) is 4.13. The standard InChI is InChI=1S/C16H15N3OS/c1-10-5-6-12(13-4-3-7-17-15(10)13)8-18-16(20)14-9-21-11(2)19-14/h3-7,9H,8H2,1-2H3,(H,18,20). The molecule has 0 aliphatic carbocycles. The van der Waals surface area contributed by atoms with Crippen LogP contribution in [0.15, 0.2) is 35.8 Å². The molecule has 2 heterocycles. The quantitative estimate of drug-likeness (QED) is 0.807. The number of fused-ring (bicyclic) bond motifs is 1. The Bertz CT molecular complexity index is 810. The lowest BCUT2D eigenvalue weighted by Gasteiger charge is -2.09. The van der Waals surface area contributed by atoms with E-state index in [9.17, 15) is 4.79 Å². The summed E-state index contributed by atoms with van der Waals surface area (Å²) in [6.45, 7) is 4.40. The number of aryl methyl sites for hydroxylation is 2. The van der Waals surface area contributed by atoms with Crippen LogP contribution in [0.5, 0.6) is 0 Å². The molecule has 106 valence electrons. The number of benzene rings is 1. The minimum atomic E-state index is -0.142. The van der Waals surface area contributed by atoms with Gasteiger partial charge in [0, 0.05) is 23.5 Å². The molecule has 21 heavy (non-hydrogen) atoms. The molecule has 4 nitrogen and oxygen atoms in total. The first-order chi connectivity index (χ1) is 10.1. The van der Waals surface area contributed by atoms with Crippen molar-refractivity contribution >= 4 is 28.1 Å². The Morgan fingerprint density at radius 2 is 2.14 bits per heavy atom. The van der Waals surface area contributed by atoms with Crippen LogP contribution in [0.1, 0.15) is 26.6 Å². The number of hydrogen-bond acceptors (Lipinski definition) is 4. The monoisotopic (exact) mass is 297 g/mol. The van der Waals surface area contributed by atoms with Crippen molar-refractivity contribution < 1.29 is 4.79 Å². The first-order valence-electron chi connectivity index (χ1n) is 6.68. The smallest absolute Gasteiger partial charge is 0.271 e. The van der Waals surface area contributed by atoms with Gasteiger partial charge in [0.25, 0.3) is 5.91 Å². The third-order valence-electron chi connectivity index (χ3n) is 3.35. The Balaban J connectivity index is 1.83. The van der Waals surface area contributed by atoms with Crippen molar-refractivity contribution in [3.63, 3.8) is 0 Å². The molecule has 1 amide bonds. The fourth-order valence-electron chi connectivity index (χ4n) is 2.26. The normalized spacial score (nSPS) is 10.8. The summed E-state index contributed by atoms with van der Waals surface area (Å²) in [4.78, 5) is 20.7. The number of hydrogen-bond donors (Lipinski definition) is 1. The second kappa shape index (κ2) is 5.61. The van der Waals surface area contributed by atoms with Gasteiger partial charge in [0.1, 0.15) is 5.69 Å². The summed E-state index contributed by atoms with van der Waals surface area (Å²) >= 11 is 1.48. The summed E-state index contributed by atoms with van der Waals surface area (Å²) in [5, 5.41) is 6.66. The van der Waals surface area contributed by atoms with Crippen LogP contribution in [-0.4, -0.2) is 15.9 Å². The van der Waals surface area contributed by atoms with Crippen LogP contribution in [0.25, 0.3) is 10.9 Å². The van der Waals surface area contributed by atoms with E-state index in [2.05, 4.69) is 15.3 Å². The van der Waals surface area contributed by atoms with Crippen molar-refractivity contribution in [1.29, 1.82) is 0 Å². The molecule has 0 aliphatic heterocycles. The number of carbonyl (C=O) groups excluding carboxylic acids is 1. The Morgan fingerprint density at radius 1 is 1.29 bits per heavy atom. The molecule has 0 fully saturated rings. The Kier molecular flexibility index (Phi) is 3.66. The van der Waals surface area contributed by atoms with Gasteiger partial charge in [-0.3, -0.25) is 9.78 Å². The highest BCUT2D eigenvalue weighted by atomic mass is 32.1. The molecule has 1 N–H and O–H groups in total. The van der Waals surface area contributed by atoms with E-state index in [1.54, 1.807) is 11.6 Å². The van der Waals surface area contributed by atoms with Gasteiger partial charge in [-0.15, -0.1) is 11.3 Å². The molecule has 2 aromatic heterocycles. The van der Waals surface area contributed by atoms with Crippen LogP contribution in [0.3, 0.4) is 0 Å². The zero-order chi connectivity index (χ0) is 14.8. The van der Waals surface area contributed by atoms with Gasteiger partial charge in [0.05, 0.1) is 10.5 Å². The van der Waals surface area contributed by atoms with E-state index in [1.165, 1.54) is 11.3 Å². The molecule has 0 spiro atoms. The average molecular weight is 297 g/mol. The highest BCUT2D eigenvalue weighted by Crippen LogP contribution is 2.20. The fourth-order valence-corrected chi connectivity index (χ4v) is 2.85. The van der Waals surface area contributed by atoms with Crippen LogP contribution < -0.4 is 5.32 Å². The highest BCUT2D eigenvalue weighted by molar-refractivity contribution is 7.09. The zero-order valence-corrected chi connectivity index (χ0v) is 12.7. The van der Waals surface area contributed by atoms with E-state index in [1.807, 2.05) is 38.1 Å². The predicted octanol–water partition coefficient (Wildman–Crippen LogP) is 3.24. The fraction of sp³-hybridized carbons (Fsp3) is 0.188. The molecular formula is C16H15N3OS. The van der Waals surface area contributed by atoms with Crippen molar-refractivity contribution in [2.24, 2.45) is 0 Å². The molecule has 5 heteroatoms. The average Bonchev–Trinajstić information content (AvgIpc) is 2.93. The summed E-state index contributed by atoms with van der Waals surface area (Å²) in [7, 11) is 0. The van der Waals surface area contributed by atoms with Gasteiger partial charge in [-0.2, -0.15) is 0 Å². The van der Waals surface area contributed by atoms with E-state index >= 15 is 0 Å². The predicted molar refractivity (Wildman–Crippen MR) is 84.5 cm³/mol. The molecule has 0 bridgehead atoms. The maximum absolute atomic E-state index is 12.1. The van der Waals surface area contributed by atoms with Gasteiger partial charge in [0.15, 0.2) is 0 Å². The number of nitrogens with one attached hydrogen (secondary N) is 1. The number of amides is 1. The molecule has 3 aromatic rings. The molecule has 0 saturated carbocycles. The van der Waals surface area contributed by atoms with E-state index in [-0.39, 0.29) is 5.91 Å². The number of rotatable bonds is 3. The van der Waals surface area contributed by atoms with Gasteiger partial charge in [0.2, 0.25) is 0 Å². The van der Waals surface area contributed by atoms with E-state index in [4.69, 9.17) is 0 Å². The molecule has 1 aromatic carbocycles. The summed E-state index contributed by atoms with van der Waals surface area (Å²) in [5.41, 5.74) is 3.65. The summed E-state index contributed by atoms with van der Waals surface area (Å²) in [5.74, 6) is -0.142. The maximum atomic E-state index is 12.1. The van der Waals surface area contributed by atoms with Crippen LogP contribution in [0, 0.1) is 13.8 Å². The first kappa shape index (κ1) is 13.7. The Labute approximate surface area is 126 Å². The lowest BCUT2D eigenvalue weighted by atomic mass is 10.0. The van der Waals surface area contributed by atoms with Crippen molar-refractivity contribution in [2.75, 3.05) is 0 Å². The topological polar surface area (TPSA) is 54.9 Å². The maximum Gasteiger partial charge on any atom is 0.271 e. The molecule has 0 saturated heterocycles. The molecule has 3 rings (SSSR count). The minimum Gasteiger partial charge on any atom is -0.347 e. The van der Waals surface area contributed by atoms with Crippen LogP contribution in [0.2, 0.25) is 0 Å². The summed E-state index contributed by atoms with van der Waals surface area (Å²) in [6, 6.07) is 8.01. The van der Waals surface area contributed by atoms with Gasteiger partial charge in [-0.1, -0.05) is 18.2 Å². The third kappa shape index (κ3) is 2.78. The van der Waals surface area contributed by atoms with Crippen molar-refractivity contribution in [1.82, 2.24) is 15.3 Å². The molecular weight excluding hydrogens is 282 g/mol. The van der Waals surface area contributed by atoms with Gasteiger partial charge in [-0.25, -0.2) is 4.98 Å². The largest absolute Gasteiger partial charge is 0.347 e. The second-order valence-corrected chi connectivity index (χ2v) is 5.94. The van der Waals surface area contributed by atoms with Crippen LogP contribution in [-0.2, 0) is 6.54 Å². The SMILES string of the molecule is Cc1nc(C(=O)NCc2ccc(C)c3ncccc23)cs1. The van der Waals surface area contributed by atoms with E-state index in [0.29, 0.717) is 12.2 Å². The van der Waals surface area contributed by atoms with Gasteiger partial charge in [-0.05, 0) is 31.0 Å². The number of aromatic nitrogens is 2. The highest BCUT2D eigenvalue weighted by Gasteiger charge is 2.10. The van der Waals surface area contributed by atoms with E-state index in [0.717, 1.165) is 27.0 Å². The van der Waals surface area contributed by atoms with Crippen molar-refractivity contribution in [2.45, 2.75) is 20.4 Å². The van der Waals surface area contributed by atoms with Crippen molar-refractivity contribution in [3.05, 3.63) is 57.7 Å². The number of pyridine rings is 1. The number of thiazole rings is 1. The Hall–Kier alpha value is -2.27.